The van der Waals surface area contributed by atoms with Crippen LogP contribution in [0.1, 0.15) is 44.1 Å². The summed E-state index contributed by atoms with van der Waals surface area (Å²) in [5.41, 5.74) is 2.34. The summed E-state index contributed by atoms with van der Waals surface area (Å²) in [7, 11) is 0. The van der Waals surface area contributed by atoms with Gasteiger partial charge in [-0.05, 0) is 61.4 Å². The van der Waals surface area contributed by atoms with Crippen LogP contribution >= 0.6 is 23.1 Å². The number of benzene rings is 1. The molecule has 0 radical (unpaired) electrons. The Morgan fingerprint density at radius 2 is 1.94 bits per heavy atom. The molecule has 2 unspecified atom stereocenters. The van der Waals surface area contributed by atoms with Crippen LogP contribution in [0.2, 0.25) is 0 Å². The number of carbonyl (C=O) groups excluding carboxylic acids is 2. The summed E-state index contributed by atoms with van der Waals surface area (Å²) in [5.74, 6) is 0.319. The lowest BCUT2D eigenvalue weighted by Crippen LogP contribution is -2.25. The Balaban J connectivity index is 1.50. The Hall–Kier alpha value is -2.65. The third-order valence-corrected chi connectivity index (χ3v) is 7.93. The van der Waals surface area contributed by atoms with Crippen LogP contribution in [0.15, 0.2) is 34.2 Å². The molecule has 32 heavy (non-hydrogen) atoms. The molecule has 3 aromatic rings. The molecule has 2 amide bonds. The highest BCUT2D eigenvalue weighted by Crippen LogP contribution is 2.36. The van der Waals surface area contributed by atoms with Gasteiger partial charge in [-0.25, -0.2) is 4.98 Å². The molecule has 2 aromatic heterocycles. The van der Waals surface area contributed by atoms with E-state index in [0.717, 1.165) is 35.0 Å². The van der Waals surface area contributed by atoms with Crippen molar-refractivity contribution < 1.29 is 9.59 Å². The number of carbonyl (C=O) groups is 2. The first-order valence-corrected chi connectivity index (χ1v) is 12.4. The summed E-state index contributed by atoms with van der Waals surface area (Å²) in [6.45, 7) is 5.61. The molecule has 1 aliphatic rings. The maximum Gasteiger partial charge on any atom is 0.260 e. The van der Waals surface area contributed by atoms with Crippen LogP contribution in [-0.4, -0.2) is 27.0 Å². The van der Waals surface area contributed by atoms with E-state index in [2.05, 4.69) is 27.5 Å². The molecule has 7 nitrogen and oxygen atoms in total. The topological polar surface area (TPSA) is 104 Å². The molecule has 1 aliphatic carbocycles. The summed E-state index contributed by atoms with van der Waals surface area (Å²) < 4.78 is 0. The molecule has 2 atom stereocenters. The molecule has 0 spiro atoms. The number of aromatic nitrogens is 2. The summed E-state index contributed by atoms with van der Waals surface area (Å²) >= 11 is 2.88. The van der Waals surface area contributed by atoms with Gasteiger partial charge in [-0.1, -0.05) is 25.6 Å². The van der Waals surface area contributed by atoms with E-state index in [-0.39, 0.29) is 17.4 Å². The van der Waals surface area contributed by atoms with E-state index >= 15 is 0 Å². The third-order valence-electron chi connectivity index (χ3n) is 5.53. The van der Waals surface area contributed by atoms with E-state index in [0.29, 0.717) is 28.9 Å². The molecular formula is C23H26N4O3S2. The molecule has 0 saturated carbocycles. The van der Waals surface area contributed by atoms with E-state index in [4.69, 9.17) is 0 Å². The van der Waals surface area contributed by atoms with Crippen LogP contribution in [0, 0.1) is 5.92 Å². The number of anilines is 2. The van der Waals surface area contributed by atoms with E-state index in [9.17, 15) is 14.4 Å². The van der Waals surface area contributed by atoms with Crippen LogP contribution in [-0.2, 0) is 22.4 Å². The molecule has 0 bridgehead atoms. The first-order valence-electron chi connectivity index (χ1n) is 10.7. The molecule has 0 aliphatic heterocycles. The number of hydrogen-bond acceptors (Lipinski definition) is 6. The zero-order valence-corrected chi connectivity index (χ0v) is 19.9. The molecule has 0 saturated heterocycles. The fourth-order valence-electron chi connectivity index (χ4n) is 3.90. The Morgan fingerprint density at radius 3 is 2.59 bits per heavy atom. The number of thioether (sulfide) groups is 1. The Bertz CT molecular complexity index is 1220. The number of fused-ring (bicyclic) bond motifs is 3. The Morgan fingerprint density at radius 1 is 1.25 bits per heavy atom. The molecule has 3 N–H and O–H groups in total. The number of hydrogen-bond donors (Lipinski definition) is 3. The first kappa shape index (κ1) is 22.5. The third kappa shape index (κ3) is 4.88. The van der Waals surface area contributed by atoms with Crippen molar-refractivity contribution in [2.24, 2.45) is 5.92 Å². The van der Waals surface area contributed by atoms with E-state index in [1.165, 1.54) is 23.6 Å². The second-order valence-electron chi connectivity index (χ2n) is 8.17. The average Bonchev–Trinajstić information content (AvgIpc) is 3.10. The van der Waals surface area contributed by atoms with Crippen molar-refractivity contribution in [2.75, 3.05) is 10.6 Å². The normalized spacial score (nSPS) is 16.4. The van der Waals surface area contributed by atoms with Crippen molar-refractivity contribution in [3.8, 4) is 0 Å². The lowest BCUT2D eigenvalue weighted by molar-refractivity contribution is -0.116. The number of nitrogens with one attached hydrogen (secondary N) is 3. The number of H-pyrrole nitrogens is 1. The second-order valence-corrected chi connectivity index (χ2v) is 10.4. The summed E-state index contributed by atoms with van der Waals surface area (Å²) in [6.07, 6.45) is 3.60. The van der Waals surface area contributed by atoms with E-state index in [1.807, 2.05) is 6.92 Å². The van der Waals surface area contributed by atoms with Crippen molar-refractivity contribution >= 4 is 56.5 Å². The second kappa shape index (κ2) is 9.46. The van der Waals surface area contributed by atoms with Crippen molar-refractivity contribution in [3.05, 3.63) is 45.1 Å². The van der Waals surface area contributed by atoms with Crippen molar-refractivity contribution in [1.29, 1.82) is 0 Å². The maximum atomic E-state index is 12.8. The van der Waals surface area contributed by atoms with Gasteiger partial charge in [0.15, 0.2) is 5.16 Å². The fourth-order valence-corrected chi connectivity index (χ4v) is 6.24. The molecule has 1 aromatic carbocycles. The van der Waals surface area contributed by atoms with Gasteiger partial charge >= 0.3 is 0 Å². The Labute approximate surface area is 194 Å². The predicted molar refractivity (Wildman–Crippen MR) is 131 cm³/mol. The molecule has 9 heteroatoms. The lowest BCUT2D eigenvalue weighted by Gasteiger charge is -2.17. The van der Waals surface area contributed by atoms with E-state index in [1.54, 1.807) is 35.6 Å². The van der Waals surface area contributed by atoms with Gasteiger partial charge in [0, 0.05) is 23.2 Å². The van der Waals surface area contributed by atoms with Crippen LogP contribution in [0.25, 0.3) is 10.2 Å². The van der Waals surface area contributed by atoms with Crippen molar-refractivity contribution in [3.63, 3.8) is 0 Å². The molecular weight excluding hydrogens is 444 g/mol. The first-order chi connectivity index (χ1) is 15.3. The van der Waals surface area contributed by atoms with Gasteiger partial charge in [-0.2, -0.15) is 0 Å². The van der Waals surface area contributed by atoms with Gasteiger partial charge < -0.3 is 15.6 Å². The van der Waals surface area contributed by atoms with E-state index < -0.39 is 5.25 Å². The van der Waals surface area contributed by atoms with Gasteiger partial charge in [-0.15, -0.1) is 11.3 Å². The smallest absolute Gasteiger partial charge is 0.260 e. The highest BCUT2D eigenvalue weighted by Gasteiger charge is 2.25. The summed E-state index contributed by atoms with van der Waals surface area (Å²) in [6, 6.07) is 6.95. The van der Waals surface area contributed by atoms with Crippen molar-refractivity contribution in [2.45, 2.75) is 56.9 Å². The van der Waals surface area contributed by atoms with Gasteiger partial charge in [0.05, 0.1) is 10.6 Å². The van der Waals surface area contributed by atoms with Crippen molar-refractivity contribution in [1.82, 2.24) is 9.97 Å². The number of rotatable bonds is 6. The van der Waals surface area contributed by atoms with Gasteiger partial charge in [0.2, 0.25) is 11.8 Å². The van der Waals surface area contributed by atoms with Crippen LogP contribution < -0.4 is 16.2 Å². The minimum Gasteiger partial charge on any atom is -0.326 e. The summed E-state index contributed by atoms with van der Waals surface area (Å²) in [5, 5.41) is 6.38. The van der Waals surface area contributed by atoms with Gasteiger partial charge in [0.25, 0.3) is 5.56 Å². The maximum absolute atomic E-state index is 12.8. The quantitative estimate of drug-likeness (QED) is 0.361. The number of amides is 2. The summed E-state index contributed by atoms with van der Waals surface area (Å²) in [4.78, 5) is 46.4. The number of thiophene rings is 1. The molecule has 0 fully saturated rings. The molecule has 168 valence electrons. The largest absolute Gasteiger partial charge is 0.326 e. The Kier molecular flexibility index (Phi) is 6.66. The highest BCUT2D eigenvalue weighted by molar-refractivity contribution is 8.00. The molecule has 4 rings (SSSR count). The minimum atomic E-state index is -0.403. The SMILES string of the molecule is CCC(Sc1nc2sc3c(c2c(=O)[nH]1)CCC(C)C3)C(=O)Nc1ccc(NC(C)=O)cc1. The molecule has 2 heterocycles. The number of aryl methyl sites for hydroxylation is 1. The van der Waals surface area contributed by atoms with Crippen LogP contribution in [0.3, 0.4) is 0 Å². The average molecular weight is 471 g/mol. The predicted octanol–water partition coefficient (Wildman–Crippen LogP) is 4.58. The standard InChI is InChI=1S/C23H26N4O3S2/c1-4-17(20(29)25-15-8-6-14(7-9-15)24-13(3)28)32-23-26-21(30)19-16-10-5-12(2)11-18(16)31-22(19)27-23/h6-9,12,17H,4-5,10-11H2,1-3H3,(H,24,28)(H,25,29)(H,26,27,30). The fraction of sp³-hybridized carbons (Fsp3) is 0.391. The van der Waals surface area contributed by atoms with Gasteiger partial charge in [0.1, 0.15) is 4.83 Å². The zero-order chi connectivity index (χ0) is 22.8. The minimum absolute atomic E-state index is 0.117. The van der Waals surface area contributed by atoms with Gasteiger partial charge in [-0.3, -0.25) is 14.4 Å². The monoisotopic (exact) mass is 470 g/mol. The number of aromatic amines is 1. The van der Waals surface area contributed by atoms with Crippen LogP contribution in [0.4, 0.5) is 11.4 Å². The lowest BCUT2D eigenvalue weighted by atomic mass is 9.89. The highest BCUT2D eigenvalue weighted by atomic mass is 32.2. The van der Waals surface area contributed by atoms with Crippen LogP contribution in [0.5, 0.6) is 0 Å². The zero-order valence-electron chi connectivity index (χ0n) is 18.3. The number of nitrogens with zero attached hydrogens (tertiary/aromatic N) is 1.